The Morgan fingerprint density at radius 1 is 1.07 bits per heavy atom. The summed E-state index contributed by atoms with van der Waals surface area (Å²) in [5, 5.41) is 0. The van der Waals surface area contributed by atoms with Gasteiger partial charge in [-0.1, -0.05) is 30.3 Å². The summed E-state index contributed by atoms with van der Waals surface area (Å²) in [5.74, 6) is 0.0245. The quantitative estimate of drug-likeness (QED) is 0.332. The van der Waals surface area contributed by atoms with Crippen molar-refractivity contribution in [2.45, 2.75) is 51.7 Å². The fraction of sp³-hybridized carbons (Fsp3) is 0.500. The van der Waals surface area contributed by atoms with Gasteiger partial charge in [0.1, 0.15) is 0 Å². The van der Waals surface area contributed by atoms with E-state index in [1.807, 2.05) is 45.9 Å². The highest BCUT2D eigenvalue weighted by Gasteiger charge is 2.52. The summed E-state index contributed by atoms with van der Waals surface area (Å²) in [6.07, 6.45) is 2.19. The van der Waals surface area contributed by atoms with Gasteiger partial charge in [-0.05, 0) is 38.7 Å². The molecule has 2 rings (SSSR count). The van der Waals surface area contributed by atoms with E-state index in [0.717, 1.165) is 11.0 Å². The molecule has 1 fully saturated rings. The Balaban J connectivity index is 2.09. The van der Waals surface area contributed by atoms with E-state index in [-0.39, 0.29) is 24.6 Å². The van der Waals surface area contributed by atoms with Crippen LogP contribution in [0.1, 0.15) is 56.5 Å². The maximum atomic E-state index is 12.1. The zero-order valence-corrected chi connectivity index (χ0v) is 17.5. The molecule has 0 atom stereocenters. The first-order valence-corrected chi connectivity index (χ1v) is 9.60. The van der Waals surface area contributed by atoms with Crippen LogP contribution in [-0.4, -0.2) is 42.9 Å². The normalized spacial score (nSPS) is 18.4. The second-order valence-corrected chi connectivity index (χ2v) is 7.90. The van der Waals surface area contributed by atoms with Gasteiger partial charge in [0, 0.05) is 17.7 Å². The van der Waals surface area contributed by atoms with Crippen molar-refractivity contribution in [2.75, 3.05) is 12.9 Å². The van der Waals surface area contributed by atoms with Crippen LogP contribution in [0.15, 0.2) is 29.7 Å². The van der Waals surface area contributed by atoms with E-state index in [9.17, 15) is 9.59 Å². The zero-order valence-electron chi connectivity index (χ0n) is 16.6. The predicted octanol–water partition coefficient (Wildman–Crippen LogP) is 3.77. The van der Waals surface area contributed by atoms with Crippen LogP contribution in [0.2, 0.25) is 0 Å². The van der Waals surface area contributed by atoms with Crippen molar-refractivity contribution >= 4 is 37.6 Å². The number of esters is 1. The highest BCUT2D eigenvalue weighted by molar-refractivity contribution is 7.80. The molecule has 0 spiro atoms. The van der Waals surface area contributed by atoms with Crippen molar-refractivity contribution in [1.29, 1.82) is 0 Å². The Bertz CT molecular complexity index is 708. The van der Waals surface area contributed by atoms with Gasteiger partial charge in [0.25, 0.3) is 0 Å². The van der Waals surface area contributed by atoms with E-state index in [1.54, 1.807) is 12.1 Å². The second-order valence-electron chi connectivity index (χ2n) is 7.59. The lowest BCUT2D eigenvalue weighted by Gasteiger charge is -2.32. The van der Waals surface area contributed by atoms with Crippen LogP contribution < -0.4 is 0 Å². The fourth-order valence-electron chi connectivity index (χ4n) is 2.62. The molecular formula is C20H27BO5S. The summed E-state index contributed by atoms with van der Waals surface area (Å²) >= 11 is 4.42. The third-order valence-electron chi connectivity index (χ3n) is 5.11. The van der Waals surface area contributed by atoms with Gasteiger partial charge < -0.3 is 14.0 Å². The zero-order chi connectivity index (χ0) is 20.2. The van der Waals surface area contributed by atoms with Crippen LogP contribution in [-0.2, 0) is 18.8 Å². The summed E-state index contributed by atoms with van der Waals surface area (Å²) in [6.45, 7) is 8.05. The van der Waals surface area contributed by atoms with Crippen LogP contribution in [0.5, 0.6) is 0 Å². The van der Waals surface area contributed by atoms with Crippen molar-refractivity contribution in [3.05, 3.63) is 40.9 Å². The smallest absolute Gasteiger partial charge is 0.469 e. The van der Waals surface area contributed by atoms with Crippen molar-refractivity contribution < 1.29 is 23.6 Å². The van der Waals surface area contributed by atoms with Gasteiger partial charge in [-0.25, -0.2) is 0 Å². The molecule has 146 valence electrons. The highest BCUT2D eigenvalue weighted by Crippen LogP contribution is 2.39. The minimum absolute atomic E-state index is 0.0860. The highest BCUT2D eigenvalue weighted by atomic mass is 32.1. The number of Topliss-reactive ketones (excluding diaryl/α,β-unsaturated/α-hetero) is 1. The van der Waals surface area contributed by atoms with Gasteiger partial charge in [-0.2, -0.15) is 12.6 Å². The van der Waals surface area contributed by atoms with Crippen LogP contribution in [0.25, 0.3) is 6.08 Å². The van der Waals surface area contributed by atoms with E-state index in [4.69, 9.17) is 9.31 Å². The Morgan fingerprint density at radius 3 is 2.11 bits per heavy atom. The van der Waals surface area contributed by atoms with Gasteiger partial charge in [0.2, 0.25) is 0 Å². The molecule has 0 N–H and O–H groups in total. The van der Waals surface area contributed by atoms with Crippen molar-refractivity contribution in [1.82, 2.24) is 0 Å². The molecule has 1 saturated heterocycles. The second kappa shape index (κ2) is 8.63. The summed E-state index contributed by atoms with van der Waals surface area (Å²) in [4.78, 5) is 23.3. The molecule has 0 unspecified atom stereocenters. The number of carbonyl (C=O) groups is 2. The number of rotatable bonds is 7. The van der Waals surface area contributed by atoms with Crippen LogP contribution in [0.3, 0.4) is 0 Å². The molecule has 0 saturated carbocycles. The first kappa shape index (κ1) is 21.7. The van der Waals surface area contributed by atoms with E-state index in [2.05, 4.69) is 17.4 Å². The number of carbonyl (C=O) groups excluding carboxylic acids is 2. The third kappa shape index (κ3) is 5.24. The molecule has 1 aliphatic heterocycles. The monoisotopic (exact) mass is 390 g/mol. The standard InChI is InChI=1S/C20H27BO5S/c1-19(2)20(3,4)26-21(25-19)16(13-27)12-14-6-8-15(9-7-14)17(22)10-11-18(23)24-5/h6-9,12,27H,10-11,13H2,1-5H3. The molecule has 0 aromatic heterocycles. The Hall–Kier alpha value is -1.57. The first-order valence-electron chi connectivity index (χ1n) is 8.96. The molecule has 1 aliphatic rings. The maximum absolute atomic E-state index is 12.1. The lowest BCUT2D eigenvalue weighted by Crippen LogP contribution is -2.41. The van der Waals surface area contributed by atoms with Crippen molar-refractivity contribution in [3.8, 4) is 0 Å². The molecule has 0 radical (unpaired) electrons. The average molecular weight is 390 g/mol. The van der Waals surface area contributed by atoms with E-state index in [1.165, 1.54) is 7.11 Å². The molecule has 27 heavy (non-hydrogen) atoms. The maximum Gasteiger partial charge on any atom is 0.491 e. The van der Waals surface area contributed by atoms with Gasteiger partial charge in [-0.15, -0.1) is 0 Å². The molecule has 0 aliphatic carbocycles. The molecule has 7 heteroatoms. The van der Waals surface area contributed by atoms with Gasteiger partial charge in [0.15, 0.2) is 5.78 Å². The van der Waals surface area contributed by atoms with Crippen molar-refractivity contribution in [3.63, 3.8) is 0 Å². The summed E-state index contributed by atoms with van der Waals surface area (Å²) in [7, 11) is 0.862. The van der Waals surface area contributed by atoms with E-state index < -0.39 is 18.3 Å². The van der Waals surface area contributed by atoms with Crippen LogP contribution in [0.4, 0.5) is 0 Å². The summed E-state index contributed by atoms with van der Waals surface area (Å²) in [6, 6.07) is 7.23. The Kier molecular flexibility index (Phi) is 6.95. The van der Waals surface area contributed by atoms with Gasteiger partial charge >= 0.3 is 13.1 Å². The summed E-state index contributed by atoms with van der Waals surface area (Å²) in [5.41, 5.74) is 1.60. The number of ketones is 1. The summed E-state index contributed by atoms with van der Waals surface area (Å²) < 4.78 is 16.7. The fourth-order valence-corrected chi connectivity index (χ4v) is 2.86. The third-order valence-corrected chi connectivity index (χ3v) is 5.47. The Labute approximate surface area is 167 Å². The first-order chi connectivity index (χ1) is 12.6. The number of hydrogen-bond donors (Lipinski definition) is 1. The number of ether oxygens (including phenoxy) is 1. The van der Waals surface area contributed by atoms with Crippen LogP contribution in [0, 0.1) is 0 Å². The molecule has 1 aromatic carbocycles. The molecule has 5 nitrogen and oxygen atoms in total. The molecule has 1 heterocycles. The number of methoxy groups -OCH3 is 1. The minimum Gasteiger partial charge on any atom is -0.469 e. The minimum atomic E-state index is -0.450. The molecular weight excluding hydrogens is 363 g/mol. The molecule has 0 bridgehead atoms. The van der Waals surface area contributed by atoms with Crippen molar-refractivity contribution in [2.24, 2.45) is 0 Å². The number of benzene rings is 1. The van der Waals surface area contributed by atoms with Gasteiger partial charge in [-0.3, -0.25) is 9.59 Å². The molecule has 0 amide bonds. The largest absolute Gasteiger partial charge is 0.491 e. The average Bonchev–Trinajstić information content (AvgIpc) is 2.85. The van der Waals surface area contributed by atoms with E-state index in [0.29, 0.717) is 11.3 Å². The SMILES string of the molecule is COC(=O)CCC(=O)c1ccc(C=C(CS)B2OC(C)(C)C(C)(C)O2)cc1. The lowest BCUT2D eigenvalue weighted by atomic mass is 9.78. The lowest BCUT2D eigenvalue weighted by molar-refractivity contribution is -0.140. The predicted molar refractivity (Wildman–Crippen MR) is 110 cm³/mol. The number of thiol groups is 1. The van der Waals surface area contributed by atoms with Crippen LogP contribution >= 0.6 is 12.6 Å². The van der Waals surface area contributed by atoms with Gasteiger partial charge in [0.05, 0.1) is 24.7 Å². The van der Waals surface area contributed by atoms with E-state index >= 15 is 0 Å². The molecule has 1 aromatic rings. The topological polar surface area (TPSA) is 61.8 Å². The Morgan fingerprint density at radius 2 is 1.63 bits per heavy atom. The number of hydrogen-bond acceptors (Lipinski definition) is 6.